The summed E-state index contributed by atoms with van der Waals surface area (Å²) in [6, 6.07) is 10.3. The lowest BCUT2D eigenvalue weighted by molar-refractivity contribution is -0.130. The molecule has 1 fully saturated rings. The number of nitrogens with one attached hydrogen (secondary N) is 1. The third kappa shape index (κ3) is 2.67. The molecule has 1 amide bonds. The van der Waals surface area contributed by atoms with Gasteiger partial charge in [-0.1, -0.05) is 12.1 Å². The first-order valence-electron chi connectivity index (χ1n) is 8.18. The molecule has 24 heavy (non-hydrogen) atoms. The van der Waals surface area contributed by atoms with Crippen LogP contribution in [0, 0.1) is 6.92 Å². The molecule has 0 bridgehead atoms. The molecule has 4 rings (SSSR count). The van der Waals surface area contributed by atoms with Crippen LogP contribution in [0.4, 0.5) is 16.4 Å². The fourth-order valence-corrected chi connectivity index (χ4v) is 4.14. The molecule has 0 radical (unpaired) electrons. The van der Waals surface area contributed by atoms with Gasteiger partial charge in [0.2, 0.25) is 5.91 Å². The number of hydrogen-bond donors (Lipinski definition) is 1. The summed E-state index contributed by atoms with van der Waals surface area (Å²) in [4.78, 5) is 22.0. The summed E-state index contributed by atoms with van der Waals surface area (Å²) < 4.78 is 0. The van der Waals surface area contributed by atoms with Crippen molar-refractivity contribution in [1.82, 2.24) is 9.80 Å². The van der Waals surface area contributed by atoms with Crippen LogP contribution in [0.3, 0.4) is 0 Å². The number of carbonyl (C=O) groups is 1. The summed E-state index contributed by atoms with van der Waals surface area (Å²) >= 11 is 1.76. The summed E-state index contributed by atoms with van der Waals surface area (Å²) in [6.45, 7) is 6.89. The Morgan fingerprint density at radius 3 is 2.71 bits per heavy atom. The van der Waals surface area contributed by atoms with Gasteiger partial charge in [-0.2, -0.15) is 0 Å². The second-order valence-corrected chi connectivity index (χ2v) is 7.43. The Morgan fingerprint density at radius 1 is 1.21 bits per heavy atom. The van der Waals surface area contributed by atoms with Gasteiger partial charge in [0.25, 0.3) is 0 Å². The molecule has 5 nitrogen and oxygen atoms in total. The standard InChI is InChI=1S/C18H20N4OS/c1-12-11-14-17(22-9-7-21(8-10-22)13(2)23)19-15-5-3-4-6-16(15)20-18(14)24-12/h3-6,11,20H,7-10H2,1-2H3. The van der Waals surface area contributed by atoms with Crippen LogP contribution < -0.4 is 5.32 Å². The fourth-order valence-electron chi connectivity index (χ4n) is 3.22. The number of anilines is 2. The maximum absolute atomic E-state index is 11.6. The van der Waals surface area contributed by atoms with E-state index in [1.54, 1.807) is 18.3 Å². The Kier molecular flexibility index (Phi) is 3.76. The van der Waals surface area contributed by atoms with E-state index in [-0.39, 0.29) is 5.91 Å². The highest BCUT2D eigenvalue weighted by Gasteiger charge is 2.26. The van der Waals surface area contributed by atoms with Crippen molar-refractivity contribution >= 4 is 39.5 Å². The summed E-state index contributed by atoms with van der Waals surface area (Å²) in [5.41, 5.74) is 3.16. The third-order valence-electron chi connectivity index (χ3n) is 4.50. The first-order chi connectivity index (χ1) is 11.6. The minimum Gasteiger partial charge on any atom is -0.352 e. The zero-order chi connectivity index (χ0) is 16.7. The predicted octanol–water partition coefficient (Wildman–Crippen LogP) is 3.36. The molecule has 1 aromatic heterocycles. The van der Waals surface area contributed by atoms with Crippen molar-refractivity contribution in [3.8, 4) is 0 Å². The van der Waals surface area contributed by atoms with Gasteiger partial charge in [-0.3, -0.25) is 4.79 Å². The van der Waals surface area contributed by atoms with E-state index in [4.69, 9.17) is 4.99 Å². The Balaban J connectivity index is 1.72. The lowest BCUT2D eigenvalue weighted by Gasteiger charge is -2.36. The van der Waals surface area contributed by atoms with E-state index < -0.39 is 0 Å². The van der Waals surface area contributed by atoms with Crippen LogP contribution >= 0.6 is 11.3 Å². The summed E-state index contributed by atoms with van der Waals surface area (Å²) in [7, 11) is 0. The van der Waals surface area contributed by atoms with E-state index in [1.165, 1.54) is 4.88 Å². The van der Waals surface area contributed by atoms with Crippen molar-refractivity contribution in [3.05, 3.63) is 40.8 Å². The fraction of sp³-hybridized carbons (Fsp3) is 0.333. The van der Waals surface area contributed by atoms with Crippen molar-refractivity contribution in [1.29, 1.82) is 0 Å². The average molecular weight is 340 g/mol. The van der Waals surface area contributed by atoms with Crippen molar-refractivity contribution in [3.63, 3.8) is 0 Å². The van der Waals surface area contributed by atoms with Crippen LogP contribution in [0.1, 0.15) is 17.4 Å². The van der Waals surface area contributed by atoms with Crippen LogP contribution in [-0.2, 0) is 4.79 Å². The Morgan fingerprint density at radius 2 is 1.96 bits per heavy atom. The van der Waals surface area contributed by atoms with E-state index >= 15 is 0 Å². The number of hydrogen-bond acceptors (Lipinski definition) is 5. The molecule has 0 atom stereocenters. The lowest BCUT2D eigenvalue weighted by atomic mass is 10.2. The Hall–Kier alpha value is -2.34. The molecule has 0 spiro atoms. The van der Waals surface area contributed by atoms with Crippen LogP contribution in [0.25, 0.3) is 0 Å². The van der Waals surface area contributed by atoms with Crippen molar-refractivity contribution in [2.75, 3.05) is 31.5 Å². The quantitative estimate of drug-likeness (QED) is 0.800. The van der Waals surface area contributed by atoms with Crippen LogP contribution in [-0.4, -0.2) is 47.7 Å². The molecular weight excluding hydrogens is 320 g/mol. The molecule has 1 saturated heterocycles. The van der Waals surface area contributed by atoms with Gasteiger partial charge < -0.3 is 15.1 Å². The van der Waals surface area contributed by atoms with Crippen molar-refractivity contribution in [2.45, 2.75) is 13.8 Å². The highest BCUT2D eigenvalue weighted by Crippen LogP contribution is 2.39. The number of fused-ring (bicyclic) bond motifs is 2. The third-order valence-corrected chi connectivity index (χ3v) is 5.47. The molecule has 0 aliphatic carbocycles. The highest BCUT2D eigenvalue weighted by molar-refractivity contribution is 7.16. The topological polar surface area (TPSA) is 47.9 Å². The number of aliphatic imine (C=N–C) groups is 1. The van der Waals surface area contributed by atoms with Crippen LogP contribution in [0.15, 0.2) is 35.3 Å². The number of para-hydroxylation sites is 2. The van der Waals surface area contributed by atoms with E-state index in [2.05, 4.69) is 29.3 Å². The number of carbonyl (C=O) groups excluding carboxylic acids is 1. The summed E-state index contributed by atoms with van der Waals surface area (Å²) in [5.74, 6) is 1.16. The number of rotatable bonds is 0. The molecule has 3 heterocycles. The second-order valence-electron chi connectivity index (χ2n) is 6.17. The highest BCUT2D eigenvalue weighted by atomic mass is 32.1. The maximum atomic E-state index is 11.6. The zero-order valence-electron chi connectivity index (χ0n) is 13.9. The van der Waals surface area contributed by atoms with Gasteiger partial charge in [-0.05, 0) is 25.1 Å². The monoisotopic (exact) mass is 340 g/mol. The molecule has 0 saturated carbocycles. The number of benzene rings is 1. The average Bonchev–Trinajstić information content (AvgIpc) is 2.86. The largest absolute Gasteiger partial charge is 0.352 e. The second kappa shape index (κ2) is 5.94. The van der Waals surface area contributed by atoms with Gasteiger partial charge in [0.15, 0.2) is 0 Å². The molecule has 6 heteroatoms. The normalized spacial score (nSPS) is 16.7. The Bertz CT molecular complexity index is 818. The smallest absolute Gasteiger partial charge is 0.219 e. The molecule has 1 aromatic carbocycles. The van der Waals surface area contributed by atoms with Crippen LogP contribution in [0.2, 0.25) is 0 Å². The van der Waals surface area contributed by atoms with E-state index in [0.29, 0.717) is 0 Å². The number of nitrogens with zero attached hydrogens (tertiary/aromatic N) is 3. The van der Waals surface area contributed by atoms with Gasteiger partial charge in [0.1, 0.15) is 10.8 Å². The van der Waals surface area contributed by atoms with Gasteiger partial charge in [-0.15, -0.1) is 11.3 Å². The first-order valence-corrected chi connectivity index (χ1v) is 8.99. The van der Waals surface area contributed by atoms with Crippen molar-refractivity contribution < 1.29 is 4.79 Å². The minimum atomic E-state index is 0.150. The number of aryl methyl sites for hydroxylation is 1. The molecule has 2 aliphatic rings. The molecule has 2 aliphatic heterocycles. The molecule has 124 valence electrons. The predicted molar refractivity (Wildman–Crippen MR) is 98.8 cm³/mol. The van der Waals surface area contributed by atoms with Gasteiger partial charge in [0, 0.05) is 38.0 Å². The van der Waals surface area contributed by atoms with Gasteiger partial charge >= 0.3 is 0 Å². The number of thiophene rings is 1. The van der Waals surface area contributed by atoms with E-state index in [9.17, 15) is 4.79 Å². The van der Waals surface area contributed by atoms with Crippen molar-refractivity contribution in [2.24, 2.45) is 4.99 Å². The van der Waals surface area contributed by atoms with Gasteiger partial charge in [-0.25, -0.2) is 4.99 Å². The molecule has 2 aromatic rings. The Labute approximate surface area is 145 Å². The minimum absolute atomic E-state index is 0.150. The SMILES string of the molecule is CC(=O)N1CCN(C2=Nc3ccccc3Nc3sc(C)cc32)CC1. The molecular formula is C18H20N4OS. The van der Waals surface area contributed by atoms with E-state index in [1.807, 2.05) is 23.1 Å². The maximum Gasteiger partial charge on any atom is 0.219 e. The van der Waals surface area contributed by atoms with Crippen LogP contribution in [0.5, 0.6) is 0 Å². The molecule has 1 N–H and O–H groups in total. The summed E-state index contributed by atoms with van der Waals surface area (Å²) in [6.07, 6.45) is 0. The number of piperazine rings is 1. The van der Waals surface area contributed by atoms with Gasteiger partial charge in [0.05, 0.1) is 16.9 Å². The molecule has 0 unspecified atom stereocenters. The van der Waals surface area contributed by atoms with E-state index in [0.717, 1.165) is 54.0 Å². The first kappa shape index (κ1) is 15.2. The zero-order valence-corrected chi connectivity index (χ0v) is 14.7. The lowest BCUT2D eigenvalue weighted by Crippen LogP contribution is -2.50. The number of amides is 1. The summed E-state index contributed by atoms with van der Waals surface area (Å²) in [5, 5.41) is 4.68. The number of amidine groups is 1.